The second kappa shape index (κ2) is 11.5. The first-order valence-electron chi connectivity index (χ1n) is 8.54. The van der Waals surface area contributed by atoms with Crippen molar-refractivity contribution in [2.75, 3.05) is 39.9 Å². The van der Waals surface area contributed by atoms with E-state index in [2.05, 4.69) is 24.2 Å². The van der Waals surface area contributed by atoms with Crippen LogP contribution in [0.2, 0.25) is 0 Å². The van der Waals surface area contributed by atoms with Crippen LogP contribution in [0.1, 0.15) is 25.3 Å². The van der Waals surface area contributed by atoms with Crippen molar-refractivity contribution in [2.24, 2.45) is 10.9 Å². The Balaban J connectivity index is 0.00000288. The summed E-state index contributed by atoms with van der Waals surface area (Å²) in [6.45, 7) is 6.52. The summed E-state index contributed by atoms with van der Waals surface area (Å²) in [5.74, 6) is 1.91. The molecule has 1 fully saturated rings. The maximum Gasteiger partial charge on any atom is 0.193 e. The number of rotatable bonds is 7. The first-order valence-corrected chi connectivity index (χ1v) is 8.54. The van der Waals surface area contributed by atoms with Gasteiger partial charge in [-0.15, -0.1) is 24.0 Å². The van der Waals surface area contributed by atoms with Gasteiger partial charge >= 0.3 is 0 Å². The first kappa shape index (κ1) is 21.0. The summed E-state index contributed by atoms with van der Waals surface area (Å²) in [5, 5.41) is 12.7. The van der Waals surface area contributed by atoms with Crippen molar-refractivity contribution in [3.63, 3.8) is 0 Å². The van der Waals surface area contributed by atoms with Crippen molar-refractivity contribution in [2.45, 2.75) is 26.2 Å². The van der Waals surface area contributed by atoms with E-state index in [9.17, 15) is 5.11 Å². The number of phenolic OH excluding ortho intramolecular Hbond substituents is 1. The number of hydrogen-bond acceptors (Lipinski definition) is 3. The van der Waals surface area contributed by atoms with Crippen LogP contribution >= 0.6 is 24.0 Å². The Hall–Kier alpha value is -1.02. The maximum atomic E-state index is 9.29. The summed E-state index contributed by atoms with van der Waals surface area (Å²) in [6.07, 6.45) is 3.12. The number of aromatic hydroxyl groups is 1. The van der Waals surface area contributed by atoms with E-state index < -0.39 is 0 Å². The number of aliphatic imine (C=N–C) groups is 1. The highest BCUT2D eigenvalue weighted by molar-refractivity contribution is 14.0. The number of guanidine groups is 1. The SMILES string of the molecule is CCNC(=NCCCc1ccc(O)cc1)N(C)CC1CCOC1.I. The molecule has 1 saturated heterocycles. The number of benzene rings is 1. The van der Waals surface area contributed by atoms with E-state index in [1.807, 2.05) is 12.1 Å². The molecule has 0 amide bonds. The molecule has 0 aromatic heterocycles. The van der Waals surface area contributed by atoms with E-state index in [0.29, 0.717) is 11.7 Å². The lowest BCUT2D eigenvalue weighted by Gasteiger charge is -2.24. The van der Waals surface area contributed by atoms with Gasteiger partial charge in [-0.2, -0.15) is 0 Å². The maximum absolute atomic E-state index is 9.29. The Bertz CT molecular complexity index is 488. The quantitative estimate of drug-likeness (QED) is 0.292. The van der Waals surface area contributed by atoms with Gasteiger partial charge in [0.1, 0.15) is 5.75 Å². The van der Waals surface area contributed by atoms with Gasteiger partial charge in [0, 0.05) is 39.2 Å². The highest BCUT2D eigenvalue weighted by atomic mass is 127. The van der Waals surface area contributed by atoms with Crippen LogP contribution in [-0.4, -0.2) is 55.9 Å². The van der Waals surface area contributed by atoms with Crippen LogP contribution in [-0.2, 0) is 11.2 Å². The Morgan fingerprint density at radius 1 is 1.38 bits per heavy atom. The standard InChI is InChI=1S/C18H29N3O2.HI/c1-3-19-18(21(2)13-16-10-12-23-14-16)20-11-4-5-15-6-8-17(22)9-7-15;/h6-9,16,22H,3-5,10-14H2,1-2H3,(H,19,20);1H. The molecule has 1 aliphatic heterocycles. The molecule has 1 aromatic rings. The first-order chi connectivity index (χ1) is 11.2. The zero-order chi connectivity index (χ0) is 16.5. The lowest BCUT2D eigenvalue weighted by Crippen LogP contribution is -2.41. The lowest BCUT2D eigenvalue weighted by atomic mass is 10.1. The summed E-state index contributed by atoms with van der Waals surface area (Å²) < 4.78 is 5.45. The number of halogens is 1. The average molecular weight is 447 g/mol. The zero-order valence-corrected chi connectivity index (χ0v) is 17.0. The summed E-state index contributed by atoms with van der Waals surface area (Å²) >= 11 is 0. The minimum absolute atomic E-state index is 0. The molecular weight excluding hydrogens is 417 g/mol. The Kier molecular flexibility index (Phi) is 10.1. The molecule has 0 saturated carbocycles. The van der Waals surface area contributed by atoms with Crippen molar-refractivity contribution in [3.8, 4) is 5.75 Å². The van der Waals surface area contributed by atoms with Gasteiger partial charge in [-0.3, -0.25) is 4.99 Å². The molecule has 5 nitrogen and oxygen atoms in total. The molecule has 6 heteroatoms. The van der Waals surface area contributed by atoms with Gasteiger partial charge in [0.15, 0.2) is 5.96 Å². The van der Waals surface area contributed by atoms with E-state index in [0.717, 1.165) is 58.1 Å². The summed E-state index contributed by atoms with van der Waals surface area (Å²) in [4.78, 5) is 6.94. The summed E-state index contributed by atoms with van der Waals surface area (Å²) in [7, 11) is 2.10. The highest BCUT2D eigenvalue weighted by Crippen LogP contribution is 2.13. The van der Waals surface area contributed by atoms with Crippen LogP contribution in [0.25, 0.3) is 0 Å². The molecule has 0 aliphatic carbocycles. The fourth-order valence-corrected chi connectivity index (χ4v) is 2.80. The van der Waals surface area contributed by atoms with Crippen LogP contribution < -0.4 is 5.32 Å². The normalized spacial score (nSPS) is 17.4. The zero-order valence-electron chi connectivity index (χ0n) is 14.7. The van der Waals surface area contributed by atoms with Gasteiger partial charge in [-0.25, -0.2) is 0 Å². The molecule has 0 bridgehead atoms. The molecule has 0 spiro atoms. The van der Waals surface area contributed by atoms with Crippen molar-refractivity contribution in [3.05, 3.63) is 29.8 Å². The fraction of sp³-hybridized carbons (Fsp3) is 0.611. The second-order valence-electron chi connectivity index (χ2n) is 6.12. The van der Waals surface area contributed by atoms with Crippen molar-refractivity contribution < 1.29 is 9.84 Å². The predicted molar refractivity (Wildman–Crippen MR) is 109 cm³/mol. The number of ether oxygens (including phenoxy) is 1. The largest absolute Gasteiger partial charge is 0.508 e. The highest BCUT2D eigenvalue weighted by Gasteiger charge is 2.18. The smallest absolute Gasteiger partial charge is 0.193 e. The van der Waals surface area contributed by atoms with Crippen LogP contribution in [0.15, 0.2) is 29.3 Å². The van der Waals surface area contributed by atoms with Crippen molar-refractivity contribution >= 4 is 29.9 Å². The number of aryl methyl sites for hydroxylation is 1. The van der Waals surface area contributed by atoms with Crippen LogP contribution in [0.4, 0.5) is 0 Å². The van der Waals surface area contributed by atoms with E-state index >= 15 is 0 Å². The monoisotopic (exact) mass is 447 g/mol. The molecule has 1 aromatic carbocycles. The Morgan fingerprint density at radius 3 is 2.75 bits per heavy atom. The minimum atomic E-state index is 0. The van der Waals surface area contributed by atoms with Gasteiger partial charge < -0.3 is 20.1 Å². The molecule has 2 rings (SSSR count). The third kappa shape index (κ3) is 7.25. The molecule has 24 heavy (non-hydrogen) atoms. The fourth-order valence-electron chi connectivity index (χ4n) is 2.80. The van der Waals surface area contributed by atoms with E-state index in [1.165, 1.54) is 5.56 Å². The third-order valence-corrected chi connectivity index (χ3v) is 4.07. The number of nitrogens with zero attached hydrogens (tertiary/aromatic N) is 2. The molecule has 0 radical (unpaired) electrons. The summed E-state index contributed by atoms with van der Waals surface area (Å²) in [5.41, 5.74) is 1.24. The number of nitrogens with one attached hydrogen (secondary N) is 1. The Morgan fingerprint density at radius 2 is 2.12 bits per heavy atom. The van der Waals surface area contributed by atoms with Gasteiger partial charge in [-0.05, 0) is 43.9 Å². The average Bonchev–Trinajstić information content (AvgIpc) is 3.05. The topological polar surface area (TPSA) is 57.1 Å². The van der Waals surface area contributed by atoms with E-state index in [1.54, 1.807) is 12.1 Å². The molecule has 2 N–H and O–H groups in total. The number of hydrogen-bond donors (Lipinski definition) is 2. The van der Waals surface area contributed by atoms with Crippen LogP contribution in [0, 0.1) is 5.92 Å². The van der Waals surface area contributed by atoms with Gasteiger partial charge in [-0.1, -0.05) is 12.1 Å². The van der Waals surface area contributed by atoms with Gasteiger partial charge in [0.25, 0.3) is 0 Å². The van der Waals surface area contributed by atoms with E-state index in [-0.39, 0.29) is 24.0 Å². The second-order valence-corrected chi connectivity index (χ2v) is 6.12. The molecule has 136 valence electrons. The lowest BCUT2D eigenvalue weighted by molar-refractivity contribution is 0.181. The van der Waals surface area contributed by atoms with Crippen molar-refractivity contribution in [1.82, 2.24) is 10.2 Å². The third-order valence-electron chi connectivity index (χ3n) is 4.07. The van der Waals surface area contributed by atoms with Gasteiger partial charge in [0.05, 0.1) is 6.61 Å². The Labute approximate surface area is 162 Å². The molecule has 1 atom stereocenters. The summed E-state index contributed by atoms with van der Waals surface area (Å²) in [6, 6.07) is 7.41. The molecule has 1 heterocycles. The molecule has 1 unspecified atom stereocenters. The van der Waals surface area contributed by atoms with Crippen LogP contribution in [0.3, 0.4) is 0 Å². The molecule has 1 aliphatic rings. The molecular formula is C18H30IN3O2. The van der Waals surface area contributed by atoms with E-state index in [4.69, 9.17) is 9.73 Å². The predicted octanol–water partition coefficient (Wildman–Crippen LogP) is 2.88. The van der Waals surface area contributed by atoms with Gasteiger partial charge in [0.2, 0.25) is 0 Å². The number of phenols is 1. The minimum Gasteiger partial charge on any atom is -0.508 e. The van der Waals surface area contributed by atoms with Crippen molar-refractivity contribution in [1.29, 1.82) is 0 Å². The van der Waals surface area contributed by atoms with Crippen LogP contribution in [0.5, 0.6) is 5.75 Å².